The van der Waals surface area contributed by atoms with Gasteiger partial charge in [0.25, 0.3) is 0 Å². The molecular formula is C14H20FNO3. The summed E-state index contributed by atoms with van der Waals surface area (Å²) in [4.78, 5) is 12.8. The Labute approximate surface area is 112 Å². The number of hydrogen-bond donors (Lipinski definition) is 1. The highest BCUT2D eigenvalue weighted by molar-refractivity contribution is 5.69. The minimum absolute atomic E-state index is 0.270. The maximum absolute atomic E-state index is 13.6. The van der Waals surface area contributed by atoms with Gasteiger partial charge in [0.2, 0.25) is 0 Å². The minimum Gasteiger partial charge on any atom is -0.481 e. The van der Waals surface area contributed by atoms with Crippen LogP contribution in [0.3, 0.4) is 0 Å². The predicted octanol–water partition coefficient (Wildman–Crippen LogP) is 1.99. The fourth-order valence-corrected chi connectivity index (χ4v) is 1.79. The second-order valence-corrected chi connectivity index (χ2v) is 4.56. The zero-order chi connectivity index (χ0) is 14.3. The van der Waals surface area contributed by atoms with Gasteiger partial charge in [-0.25, -0.2) is 4.39 Å². The number of hydrogen-bond acceptors (Lipinski definition) is 3. The van der Waals surface area contributed by atoms with Gasteiger partial charge in [0.1, 0.15) is 5.82 Å². The van der Waals surface area contributed by atoms with Crippen LogP contribution in [0.1, 0.15) is 12.5 Å². The van der Waals surface area contributed by atoms with E-state index in [4.69, 9.17) is 9.84 Å². The lowest BCUT2D eigenvalue weighted by atomic mass is 10.1. The summed E-state index contributed by atoms with van der Waals surface area (Å²) in [6.45, 7) is 3.45. The molecule has 0 saturated carbocycles. The third-order valence-corrected chi connectivity index (χ3v) is 2.92. The van der Waals surface area contributed by atoms with E-state index in [1.807, 2.05) is 4.90 Å². The van der Waals surface area contributed by atoms with E-state index in [0.29, 0.717) is 31.8 Å². The largest absolute Gasteiger partial charge is 0.481 e. The predicted molar refractivity (Wildman–Crippen MR) is 70.4 cm³/mol. The lowest BCUT2D eigenvalue weighted by molar-refractivity contribution is -0.141. The molecule has 0 aromatic heterocycles. The zero-order valence-corrected chi connectivity index (χ0v) is 11.3. The van der Waals surface area contributed by atoms with Crippen molar-refractivity contribution in [1.29, 1.82) is 0 Å². The van der Waals surface area contributed by atoms with E-state index in [0.717, 1.165) is 0 Å². The highest BCUT2D eigenvalue weighted by Gasteiger charge is 2.17. The average Bonchev–Trinajstić information content (AvgIpc) is 2.38. The molecule has 1 rings (SSSR count). The molecule has 1 aromatic carbocycles. The number of carboxylic acid groups (broad SMARTS) is 1. The standard InChI is InChI=1S/C14H20FNO3/c1-11(14(17)18)9-16(7-8-19-2)10-12-5-3-4-6-13(12)15/h3-6,11H,7-10H2,1-2H3,(H,17,18). The van der Waals surface area contributed by atoms with Gasteiger partial charge in [0, 0.05) is 32.3 Å². The Hall–Kier alpha value is -1.46. The molecule has 1 aromatic rings. The van der Waals surface area contributed by atoms with Gasteiger partial charge < -0.3 is 9.84 Å². The zero-order valence-electron chi connectivity index (χ0n) is 11.3. The highest BCUT2D eigenvalue weighted by atomic mass is 19.1. The monoisotopic (exact) mass is 269 g/mol. The van der Waals surface area contributed by atoms with Crippen molar-refractivity contribution in [2.45, 2.75) is 13.5 Å². The fourth-order valence-electron chi connectivity index (χ4n) is 1.79. The summed E-state index contributed by atoms with van der Waals surface area (Å²) in [5, 5.41) is 8.94. The minimum atomic E-state index is -0.851. The van der Waals surface area contributed by atoms with Crippen LogP contribution >= 0.6 is 0 Å². The molecule has 0 aliphatic heterocycles. The van der Waals surface area contributed by atoms with Crippen molar-refractivity contribution >= 4 is 5.97 Å². The van der Waals surface area contributed by atoms with E-state index in [1.54, 1.807) is 32.2 Å². The van der Waals surface area contributed by atoms with Gasteiger partial charge >= 0.3 is 5.97 Å². The Morgan fingerprint density at radius 1 is 1.47 bits per heavy atom. The van der Waals surface area contributed by atoms with Gasteiger partial charge in [0.15, 0.2) is 0 Å². The molecule has 1 atom stereocenters. The molecule has 0 spiro atoms. The molecule has 0 heterocycles. The first-order valence-corrected chi connectivity index (χ1v) is 6.22. The molecule has 0 radical (unpaired) electrons. The van der Waals surface area contributed by atoms with Gasteiger partial charge in [0.05, 0.1) is 12.5 Å². The van der Waals surface area contributed by atoms with Gasteiger partial charge in [-0.2, -0.15) is 0 Å². The second kappa shape index (κ2) is 7.86. The van der Waals surface area contributed by atoms with E-state index in [2.05, 4.69) is 0 Å². The third-order valence-electron chi connectivity index (χ3n) is 2.92. The quantitative estimate of drug-likeness (QED) is 0.784. The average molecular weight is 269 g/mol. The molecular weight excluding hydrogens is 249 g/mol. The Kier molecular flexibility index (Phi) is 6.45. The number of nitrogens with zero attached hydrogens (tertiary/aromatic N) is 1. The summed E-state index contributed by atoms with van der Waals surface area (Å²) in [6, 6.07) is 6.52. The van der Waals surface area contributed by atoms with Crippen molar-refractivity contribution in [3.05, 3.63) is 35.6 Å². The van der Waals surface area contributed by atoms with E-state index >= 15 is 0 Å². The Morgan fingerprint density at radius 3 is 2.74 bits per heavy atom. The van der Waals surface area contributed by atoms with E-state index in [-0.39, 0.29) is 5.82 Å². The molecule has 0 amide bonds. The van der Waals surface area contributed by atoms with Crippen LogP contribution in [0.15, 0.2) is 24.3 Å². The molecule has 1 unspecified atom stereocenters. The maximum Gasteiger partial charge on any atom is 0.307 e. The van der Waals surface area contributed by atoms with Crippen molar-refractivity contribution in [1.82, 2.24) is 4.90 Å². The lowest BCUT2D eigenvalue weighted by Crippen LogP contribution is -2.34. The van der Waals surface area contributed by atoms with E-state index in [9.17, 15) is 9.18 Å². The topological polar surface area (TPSA) is 49.8 Å². The number of carbonyl (C=O) groups is 1. The van der Waals surface area contributed by atoms with Crippen LogP contribution in [-0.2, 0) is 16.1 Å². The summed E-state index contributed by atoms with van der Waals surface area (Å²) in [5.74, 6) is -1.62. The molecule has 0 aliphatic carbocycles. The van der Waals surface area contributed by atoms with Crippen molar-refractivity contribution in [2.24, 2.45) is 5.92 Å². The van der Waals surface area contributed by atoms with Crippen LogP contribution in [0.25, 0.3) is 0 Å². The molecule has 0 bridgehead atoms. The highest BCUT2D eigenvalue weighted by Crippen LogP contribution is 2.11. The lowest BCUT2D eigenvalue weighted by Gasteiger charge is -2.24. The van der Waals surface area contributed by atoms with Crippen LogP contribution in [0, 0.1) is 11.7 Å². The van der Waals surface area contributed by atoms with Crippen molar-refractivity contribution < 1.29 is 19.0 Å². The summed E-state index contributed by atoms with van der Waals surface area (Å²) < 4.78 is 18.6. The summed E-state index contributed by atoms with van der Waals surface area (Å²) in [7, 11) is 1.59. The van der Waals surface area contributed by atoms with Crippen LogP contribution in [0.5, 0.6) is 0 Å². The van der Waals surface area contributed by atoms with Gasteiger partial charge in [-0.15, -0.1) is 0 Å². The summed E-state index contributed by atoms with van der Waals surface area (Å²) >= 11 is 0. The molecule has 106 valence electrons. The number of rotatable bonds is 8. The van der Waals surface area contributed by atoms with E-state index in [1.165, 1.54) is 6.07 Å². The van der Waals surface area contributed by atoms with Crippen LogP contribution in [0.4, 0.5) is 4.39 Å². The molecule has 0 saturated heterocycles. The van der Waals surface area contributed by atoms with Crippen molar-refractivity contribution in [2.75, 3.05) is 26.8 Å². The Balaban J connectivity index is 2.68. The van der Waals surface area contributed by atoms with Crippen LogP contribution in [0.2, 0.25) is 0 Å². The number of ether oxygens (including phenoxy) is 1. The molecule has 1 N–H and O–H groups in total. The molecule has 19 heavy (non-hydrogen) atoms. The van der Waals surface area contributed by atoms with Crippen molar-refractivity contribution in [3.63, 3.8) is 0 Å². The Bertz CT molecular complexity index is 411. The maximum atomic E-state index is 13.6. The fraction of sp³-hybridized carbons (Fsp3) is 0.500. The smallest absolute Gasteiger partial charge is 0.307 e. The molecule has 4 nitrogen and oxygen atoms in total. The molecule has 5 heteroatoms. The van der Waals surface area contributed by atoms with Crippen molar-refractivity contribution in [3.8, 4) is 0 Å². The van der Waals surface area contributed by atoms with Crippen LogP contribution in [-0.4, -0.2) is 42.8 Å². The number of halogens is 1. The number of carboxylic acids is 1. The Morgan fingerprint density at radius 2 is 2.16 bits per heavy atom. The van der Waals surface area contributed by atoms with Gasteiger partial charge in [-0.1, -0.05) is 25.1 Å². The van der Waals surface area contributed by atoms with Crippen LogP contribution < -0.4 is 0 Å². The number of methoxy groups -OCH3 is 1. The normalized spacial score (nSPS) is 12.6. The third kappa shape index (κ3) is 5.36. The summed E-state index contributed by atoms with van der Waals surface area (Å²) in [6.07, 6.45) is 0. The first-order valence-electron chi connectivity index (χ1n) is 6.22. The number of benzene rings is 1. The summed E-state index contributed by atoms with van der Waals surface area (Å²) in [5.41, 5.74) is 0.566. The van der Waals surface area contributed by atoms with Gasteiger partial charge in [-0.3, -0.25) is 9.69 Å². The first kappa shape index (κ1) is 15.6. The molecule has 0 aliphatic rings. The SMILES string of the molecule is COCCN(Cc1ccccc1F)CC(C)C(=O)O. The van der Waals surface area contributed by atoms with E-state index < -0.39 is 11.9 Å². The first-order chi connectivity index (χ1) is 9.04. The second-order valence-electron chi connectivity index (χ2n) is 4.56. The van der Waals surface area contributed by atoms with Gasteiger partial charge in [-0.05, 0) is 6.07 Å². The molecule has 0 fully saturated rings. The number of aliphatic carboxylic acids is 1.